The van der Waals surface area contributed by atoms with Crippen LogP contribution < -0.4 is 11.1 Å². The smallest absolute Gasteiger partial charge is 0.238 e. The molecule has 0 spiro atoms. The number of carbonyl (C=O) groups excluding carboxylic acids is 1. The molecule has 0 aromatic carbocycles. The highest BCUT2D eigenvalue weighted by molar-refractivity contribution is 7.89. The lowest BCUT2D eigenvalue weighted by Gasteiger charge is -2.33. The van der Waals surface area contributed by atoms with E-state index in [2.05, 4.69) is 12.2 Å². The Morgan fingerprint density at radius 2 is 1.61 bits per heavy atom. The normalized spacial score (nSPS) is 18.3. The van der Waals surface area contributed by atoms with Gasteiger partial charge in [-0.3, -0.25) is 4.79 Å². The number of rotatable bonds is 16. The zero-order chi connectivity index (χ0) is 20.7. The minimum atomic E-state index is -3.36. The van der Waals surface area contributed by atoms with E-state index in [0.717, 1.165) is 44.9 Å². The molecule has 0 radical (unpaired) electrons. The van der Waals surface area contributed by atoms with Crippen molar-refractivity contribution in [3.8, 4) is 0 Å². The van der Waals surface area contributed by atoms with E-state index in [1.165, 1.54) is 36.4 Å². The molecule has 1 aliphatic rings. The first-order valence-corrected chi connectivity index (χ1v) is 13.1. The number of hydrogen-bond acceptors (Lipinski definition) is 4. The van der Waals surface area contributed by atoms with Crippen molar-refractivity contribution in [3.05, 3.63) is 0 Å². The molecule has 1 heterocycles. The summed E-state index contributed by atoms with van der Waals surface area (Å²) >= 11 is 0. The van der Waals surface area contributed by atoms with Crippen molar-refractivity contribution in [2.45, 2.75) is 103 Å². The number of nitrogens with one attached hydrogen (secondary N) is 1. The Morgan fingerprint density at radius 1 is 0.964 bits per heavy atom. The average molecular weight is 418 g/mol. The molecule has 0 saturated carbocycles. The van der Waals surface area contributed by atoms with Crippen molar-refractivity contribution in [3.63, 3.8) is 0 Å². The maximum absolute atomic E-state index is 12.8. The van der Waals surface area contributed by atoms with E-state index in [1.54, 1.807) is 0 Å². The number of amides is 1. The molecule has 166 valence electrons. The van der Waals surface area contributed by atoms with Crippen molar-refractivity contribution in [2.24, 2.45) is 5.73 Å². The molecule has 0 aromatic heterocycles. The number of piperidine rings is 1. The Labute approximate surface area is 173 Å². The summed E-state index contributed by atoms with van der Waals surface area (Å²) in [6, 6.07) is -0.526. The van der Waals surface area contributed by atoms with Gasteiger partial charge in [0.15, 0.2) is 0 Å². The summed E-state index contributed by atoms with van der Waals surface area (Å²) < 4.78 is 27.1. The van der Waals surface area contributed by atoms with E-state index in [0.29, 0.717) is 32.5 Å². The second-order valence-electron chi connectivity index (χ2n) is 8.05. The molecule has 1 fully saturated rings. The Kier molecular flexibility index (Phi) is 13.8. The highest BCUT2D eigenvalue weighted by atomic mass is 32.2. The van der Waals surface area contributed by atoms with Gasteiger partial charge in [0, 0.05) is 13.1 Å². The number of nitrogens with zero attached hydrogens (tertiary/aromatic N) is 1. The largest absolute Gasteiger partial charge is 0.355 e. The van der Waals surface area contributed by atoms with Crippen LogP contribution in [0.2, 0.25) is 0 Å². The van der Waals surface area contributed by atoms with Crippen LogP contribution in [0.4, 0.5) is 0 Å². The van der Waals surface area contributed by atoms with Gasteiger partial charge >= 0.3 is 0 Å². The molecule has 0 aliphatic carbocycles. The van der Waals surface area contributed by atoms with E-state index in [1.807, 2.05) is 0 Å². The Morgan fingerprint density at radius 3 is 2.29 bits per heavy atom. The number of unbranched alkanes of at least 4 members (excludes halogenated alkanes) is 9. The third kappa shape index (κ3) is 10.2. The van der Waals surface area contributed by atoms with Gasteiger partial charge in [0.05, 0.1) is 5.75 Å². The summed E-state index contributed by atoms with van der Waals surface area (Å²) in [6.45, 7) is 3.95. The van der Waals surface area contributed by atoms with Crippen molar-refractivity contribution < 1.29 is 13.2 Å². The molecule has 0 aromatic rings. The fourth-order valence-corrected chi connectivity index (χ4v) is 5.61. The lowest BCUT2D eigenvalue weighted by Crippen LogP contribution is -2.52. The second kappa shape index (κ2) is 15.2. The third-order valence-corrected chi connectivity index (χ3v) is 7.51. The molecule has 28 heavy (non-hydrogen) atoms. The van der Waals surface area contributed by atoms with Crippen molar-refractivity contribution in [2.75, 3.05) is 25.4 Å². The van der Waals surface area contributed by atoms with Gasteiger partial charge in [-0.15, -0.1) is 0 Å². The zero-order valence-electron chi connectivity index (χ0n) is 18.0. The van der Waals surface area contributed by atoms with E-state index in [-0.39, 0.29) is 11.7 Å². The molecular weight excluding hydrogens is 374 g/mol. The monoisotopic (exact) mass is 417 g/mol. The van der Waals surface area contributed by atoms with Gasteiger partial charge in [-0.2, -0.15) is 4.31 Å². The summed E-state index contributed by atoms with van der Waals surface area (Å²) in [5, 5.41) is 2.93. The first-order valence-electron chi connectivity index (χ1n) is 11.5. The molecule has 0 bridgehead atoms. The van der Waals surface area contributed by atoms with E-state index in [9.17, 15) is 13.2 Å². The van der Waals surface area contributed by atoms with Crippen molar-refractivity contribution >= 4 is 15.9 Å². The SMILES string of the molecule is CCCCCCCCCCS(=O)(=O)N1CCCC[C@@H]1C(=O)NCCCCCN. The van der Waals surface area contributed by atoms with Crippen LogP contribution in [0.25, 0.3) is 0 Å². The fraction of sp³-hybridized carbons (Fsp3) is 0.952. The van der Waals surface area contributed by atoms with Crippen LogP contribution in [0.1, 0.15) is 96.8 Å². The van der Waals surface area contributed by atoms with Gasteiger partial charge in [0.2, 0.25) is 15.9 Å². The van der Waals surface area contributed by atoms with Gasteiger partial charge in [-0.1, -0.05) is 64.7 Å². The first-order chi connectivity index (χ1) is 13.5. The Hall–Kier alpha value is -0.660. The van der Waals surface area contributed by atoms with E-state index < -0.39 is 16.1 Å². The summed E-state index contributed by atoms with van der Waals surface area (Å²) in [5.74, 6) is 0.0364. The van der Waals surface area contributed by atoms with Gasteiger partial charge in [0.25, 0.3) is 0 Å². The fourth-order valence-electron chi connectivity index (χ4n) is 3.81. The van der Waals surface area contributed by atoms with Gasteiger partial charge < -0.3 is 11.1 Å². The van der Waals surface area contributed by atoms with Gasteiger partial charge in [0.1, 0.15) is 6.04 Å². The quantitative estimate of drug-likeness (QED) is 0.376. The maximum Gasteiger partial charge on any atom is 0.238 e. The standard InChI is InChI=1S/C21H43N3O3S/c1-2-3-4-5-6-7-8-14-19-28(26,27)24-18-13-10-15-20(24)21(25)23-17-12-9-11-16-22/h20H,2-19,22H2,1H3,(H,23,25)/t20-/m1/s1. The van der Waals surface area contributed by atoms with Crippen molar-refractivity contribution in [1.82, 2.24) is 9.62 Å². The van der Waals surface area contributed by atoms with Crippen LogP contribution >= 0.6 is 0 Å². The lowest BCUT2D eigenvalue weighted by atomic mass is 10.0. The maximum atomic E-state index is 12.8. The number of nitrogens with two attached hydrogens (primary N) is 1. The van der Waals surface area contributed by atoms with Crippen LogP contribution in [-0.4, -0.2) is 50.1 Å². The molecule has 0 unspecified atom stereocenters. The van der Waals surface area contributed by atoms with E-state index in [4.69, 9.17) is 5.73 Å². The van der Waals surface area contributed by atoms with Crippen molar-refractivity contribution in [1.29, 1.82) is 0 Å². The number of sulfonamides is 1. The lowest BCUT2D eigenvalue weighted by molar-refractivity contribution is -0.125. The van der Waals surface area contributed by atoms with E-state index >= 15 is 0 Å². The minimum Gasteiger partial charge on any atom is -0.355 e. The first kappa shape index (κ1) is 25.4. The molecule has 7 heteroatoms. The average Bonchev–Trinajstić information content (AvgIpc) is 2.69. The topological polar surface area (TPSA) is 92.5 Å². The number of carbonyl (C=O) groups is 1. The molecule has 1 aliphatic heterocycles. The molecule has 1 rings (SSSR count). The molecular formula is C21H43N3O3S. The summed E-state index contributed by atoms with van der Waals surface area (Å²) in [7, 11) is -3.36. The molecule has 3 N–H and O–H groups in total. The molecule has 1 saturated heterocycles. The molecule has 6 nitrogen and oxygen atoms in total. The third-order valence-electron chi connectivity index (χ3n) is 5.55. The predicted octanol–water partition coefficient (Wildman–Crippen LogP) is 3.56. The molecule has 1 amide bonds. The van der Waals surface area contributed by atoms with Crippen LogP contribution in [0.15, 0.2) is 0 Å². The summed E-state index contributed by atoms with van der Waals surface area (Å²) in [4.78, 5) is 12.5. The van der Waals surface area contributed by atoms with Crippen LogP contribution in [0.3, 0.4) is 0 Å². The zero-order valence-corrected chi connectivity index (χ0v) is 18.8. The van der Waals surface area contributed by atoms with Crippen LogP contribution in [0.5, 0.6) is 0 Å². The Balaban J connectivity index is 2.37. The van der Waals surface area contributed by atoms with Gasteiger partial charge in [-0.25, -0.2) is 8.42 Å². The number of hydrogen-bond donors (Lipinski definition) is 2. The Bertz CT molecular complexity index is 511. The van der Waals surface area contributed by atoms with Gasteiger partial charge in [-0.05, 0) is 38.6 Å². The molecule has 1 atom stereocenters. The summed E-state index contributed by atoms with van der Waals surface area (Å²) in [5.41, 5.74) is 5.48. The van der Waals surface area contributed by atoms with Crippen LogP contribution in [-0.2, 0) is 14.8 Å². The second-order valence-corrected chi connectivity index (χ2v) is 10.1. The highest BCUT2D eigenvalue weighted by Gasteiger charge is 2.36. The predicted molar refractivity (Wildman–Crippen MR) is 117 cm³/mol. The van der Waals surface area contributed by atoms with Crippen LogP contribution in [0, 0.1) is 0 Å². The summed E-state index contributed by atoms with van der Waals surface area (Å²) in [6.07, 6.45) is 14.2. The highest BCUT2D eigenvalue weighted by Crippen LogP contribution is 2.22. The minimum absolute atomic E-state index is 0.132.